The maximum atomic E-state index is 5.86. The number of hydrogen-bond acceptors (Lipinski definition) is 1. The molecule has 4 aliphatic carbocycles. The van der Waals surface area contributed by atoms with Gasteiger partial charge in [0, 0.05) is 6.61 Å². The molecule has 1 aliphatic heterocycles. The van der Waals surface area contributed by atoms with E-state index in [9.17, 15) is 0 Å². The first-order chi connectivity index (χ1) is 10.9. The molecule has 5 rings (SSSR count). The predicted octanol–water partition coefficient (Wildman–Crippen LogP) is 5.58. The van der Waals surface area contributed by atoms with E-state index in [4.69, 9.17) is 4.74 Å². The fraction of sp³-hybridized carbons (Fsp3) is 1.00. The number of fused-ring (bicyclic) bond motifs is 5. The first-order valence-electron chi connectivity index (χ1n) is 10.5. The van der Waals surface area contributed by atoms with Gasteiger partial charge in [0.1, 0.15) is 0 Å². The summed E-state index contributed by atoms with van der Waals surface area (Å²) in [5.74, 6) is 5.57. The van der Waals surface area contributed by atoms with E-state index in [1.54, 1.807) is 44.9 Å². The predicted molar refractivity (Wildman–Crippen MR) is 89.6 cm³/mol. The summed E-state index contributed by atoms with van der Waals surface area (Å²) in [6, 6.07) is 0. The Labute approximate surface area is 136 Å². The smallest absolute Gasteiger partial charge is 0.0602 e. The second-order valence-electron chi connectivity index (χ2n) is 9.50. The average Bonchev–Trinajstić information content (AvgIpc) is 2.95. The van der Waals surface area contributed by atoms with Crippen LogP contribution in [0.5, 0.6) is 0 Å². The highest BCUT2D eigenvalue weighted by atomic mass is 16.5. The number of ether oxygens (including phenoxy) is 1. The van der Waals surface area contributed by atoms with Crippen LogP contribution in [0.4, 0.5) is 0 Å². The van der Waals surface area contributed by atoms with Gasteiger partial charge in [-0.2, -0.15) is 0 Å². The monoisotopic (exact) mass is 302 g/mol. The van der Waals surface area contributed by atoms with Crippen LogP contribution < -0.4 is 0 Å². The van der Waals surface area contributed by atoms with Crippen LogP contribution in [0.2, 0.25) is 0 Å². The van der Waals surface area contributed by atoms with Crippen molar-refractivity contribution in [1.29, 1.82) is 0 Å². The van der Waals surface area contributed by atoms with Crippen molar-refractivity contribution >= 4 is 0 Å². The Morgan fingerprint density at radius 2 is 1.64 bits per heavy atom. The first kappa shape index (κ1) is 14.3. The molecule has 0 bridgehead atoms. The summed E-state index contributed by atoms with van der Waals surface area (Å²) in [6.07, 6.45) is 20.6. The van der Waals surface area contributed by atoms with Gasteiger partial charge in [-0.05, 0) is 92.8 Å². The van der Waals surface area contributed by atoms with E-state index in [0.29, 0.717) is 11.5 Å². The van der Waals surface area contributed by atoms with E-state index in [1.807, 2.05) is 0 Å². The third-order valence-electron chi connectivity index (χ3n) is 8.83. The van der Waals surface area contributed by atoms with Crippen molar-refractivity contribution in [2.24, 2.45) is 35.0 Å². The van der Waals surface area contributed by atoms with Gasteiger partial charge >= 0.3 is 0 Å². The van der Waals surface area contributed by atoms with Crippen molar-refractivity contribution in [2.75, 3.05) is 6.61 Å². The fourth-order valence-electron chi connectivity index (χ4n) is 7.88. The van der Waals surface area contributed by atoms with Crippen molar-refractivity contribution in [3.05, 3.63) is 0 Å². The summed E-state index contributed by atoms with van der Waals surface area (Å²) >= 11 is 0. The highest BCUT2D eigenvalue weighted by molar-refractivity contribution is 5.05. The quantitative estimate of drug-likeness (QED) is 0.647. The SMILES string of the molecule is C1CC[C@H]2C(C1)CC[C@@H]1[C@@H]2CC[C@]2(CC3CCO3)CCC[C@@H]12. The number of rotatable bonds is 2. The van der Waals surface area contributed by atoms with Gasteiger partial charge in [0.15, 0.2) is 0 Å². The highest BCUT2D eigenvalue weighted by Crippen LogP contribution is 2.64. The minimum absolute atomic E-state index is 0.642. The van der Waals surface area contributed by atoms with Gasteiger partial charge in [-0.3, -0.25) is 0 Å². The second-order valence-corrected chi connectivity index (χ2v) is 9.50. The largest absolute Gasteiger partial charge is 0.378 e. The minimum atomic E-state index is 0.642. The topological polar surface area (TPSA) is 9.23 Å². The average molecular weight is 303 g/mol. The summed E-state index contributed by atoms with van der Waals surface area (Å²) < 4.78 is 5.86. The van der Waals surface area contributed by atoms with Crippen LogP contribution in [-0.4, -0.2) is 12.7 Å². The van der Waals surface area contributed by atoms with Gasteiger partial charge in [-0.25, -0.2) is 0 Å². The van der Waals surface area contributed by atoms with Gasteiger partial charge in [-0.15, -0.1) is 0 Å². The Bertz CT molecular complexity index is 414. The van der Waals surface area contributed by atoms with Crippen LogP contribution in [0.25, 0.3) is 0 Å². The molecule has 124 valence electrons. The van der Waals surface area contributed by atoms with E-state index in [0.717, 1.165) is 36.2 Å². The lowest BCUT2D eigenvalue weighted by Gasteiger charge is -2.56. The Morgan fingerprint density at radius 3 is 2.50 bits per heavy atom. The van der Waals surface area contributed by atoms with Gasteiger partial charge in [-0.1, -0.05) is 25.7 Å². The fourth-order valence-corrected chi connectivity index (χ4v) is 7.88. The Balaban J connectivity index is 1.37. The molecule has 22 heavy (non-hydrogen) atoms. The zero-order valence-corrected chi connectivity index (χ0v) is 14.3. The summed E-state index contributed by atoms with van der Waals surface area (Å²) in [4.78, 5) is 0. The van der Waals surface area contributed by atoms with Gasteiger partial charge in [0.05, 0.1) is 6.10 Å². The molecule has 5 aliphatic rings. The molecule has 5 fully saturated rings. The molecule has 0 radical (unpaired) electrons. The van der Waals surface area contributed by atoms with E-state index >= 15 is 0 Å². The number of hydrogen-bond donors (Lipinski definition) is 0. The first-order valence-corrected chi connectivity index (χ1v) is 10.5. The maximum Gasteiger partial charge on any atom is 0.0602 e. The van der Waals surface area contributed by atoms with Crippen molar-refractivity contribution < 1.29 is 4.74 Å². The van der Waals surface area contributed by atoms with E-state index in [2.05, 4.69) is 0 Å². The minimum Gasteiger partial charge on any atom is -0.378 e. The summed E-state index contributed by atoms with van der Waals surface area (Å²) in [5.41, 5.74) is 0.716. The molecule has 1 heterocycles. The zero-order valence-electron chi connectivity index (χ0n) is 14.3. The molecule has 0 spiro atoms. The molecule has 1 nitrogen and oxygen atoms in total. The van der Waals surface area contributed by atoms with Gasteiger partial charge in [0.25, 0.3) is 0 Å². The Hall–Kier alpha value is -0.0400. The lowest BCUT2D eigenvalue weighted by Crippen LogP contribution is -2.49. The highest BCUT2D eigenvalue weighted by Gasteiger charge is 2.55. The van der Waals surface area contributed by atoms with Crippen LogP contribution >= 0.6 is 0 Å². The normalized spacial score (nSPS) is 54.0. The Kier molecular flexibility index (Phi) is 3.58. The molecule has 2 unspecified atom stereocenters. The zero-order chi connectivity index (χ0) is 14.6. The van der Waals surface area contributed by atoms with E-state index in [-0.39, 0.29) is 0 Å². The van der Waals surface area contributed by atoms with Crippen molar-refractivity contribution in [2.45, 2.75) is 89.6 Å². The molecule has 4 saturated carbocycles. The van der Waals surface area contributed by atoms with Crippen LogP contribution in [0.15, 0.2) is 0 Å². The van der Waals surface area contributed by atoms with Crippen molar-refractivity contribution in [3.63, 3.8) is 0 Å². The van der Waals surface area contributed by atoms with E-state index in [1.165, 1.54) is 38.5 Å². The summed E-state index contributed by atoms with van der Waals surface area (Å²) in [6.45, 7) is 1.04. The molecule has 0 N–H and O–H groups in total. The molecule has 0 aromatic carbocycles. The van der Waals surface area contributed by atoms with Crippen molar-refractivity contribution in [3.8, 4) is 0 Å². The second kappa shape index (κ2) is 5.50. The van der Waals surface area contributed by atoms with Gasteiger partial charge < -0.3 is 4.74 Å². The van der Waals surface area contributed by atoms with Crippen LogP contribution in [0.1, 0.15) is 83.5 Å². The van der Waals surface area contributed by atoms with Gasteiger partial charge in [0.2, 0.25) is 0 Å². The maximum absolute atomic E-state index is 5.86. The summed E-state index contributed by atoms with van der Waals surface area (Å²) in [7, 11) is 0. The molecule has 0 aromatic rings. The van der Waals surface area contributed by atoms with Crippen LogP contribution in [0.3, 0.4) is 0 Å². The van der Waals surface area contributed by atoms with E-state index < -0.39 is 0 Å². The molecular formula is C21H34O. The molecule has 7 atom stereocenters. The van der Waals surface area contributed by atoms with Crippen LogP contribution in [-0.2, 0) is 4.74 Å². The molecular weight excluding hydrogens is 268 g/mol. The molecule has 1 heteroatoms. The van der Waals surface area contributed by atoms with Crippen LogP contribution in [0, 0.1) is 35.0 Å². The Morgan fingerprint density at radius 1 is 0.727 bits per heavy atom. The lowest BCUT2D eigenvalue weighted by molar-refractivity contribution is -0.114. The third kappa shape index (κ3) is 2.14. The standard InChI is InChI=1S/C21H34O/c1-2-5-17-15(4-1)7-8-19-18(17)9-12-21(11-3-6-20(19)21)14-16-10-13-22-16/h15-20H,1-14H2/t15?,16?,17-,18+,19+,20-,21-/m0/s1. The molecule has 0 amide bonds. The third-order valence-corrected chi connectivity index (χ3v) is 8.83. The summed E-state index contributed by atoms with van der Waals surface area (Å²) in [5, 5.41) is 0. The molecule has 0 aromatic heterocycles. The lowest BCUT2D eigenvalue weighted by atomic mass is 9.49. The van der Waals surface area contributed by atoms with Crippen molar-refractivity contribution in [1.82, 2.24) is 0 Å². The molecule has 1 saturated heterocycles.